The lowest BCUT2D eigenvalue weighted by molar-refractivity contribution is -0.188. The molecule has 13 atom stereocenters. The average Bonchev–Trinajstić information content (AvgIpc) is 3.17. The Balaban J connectivity index is 1.49. The van der Waals surface area contributed by atoms with Crippen LogP contribution in [0.2, 0.25) is 0 Å². The third-order valence-corrected chi connectivity index (χ3v) is 12.8. The molecule has 0 spiro atoms. The van der Waals surface area contributed by atoms with Crippen LogP contribution in [0.3, 0.4) is 0 Å². The van der Waals surface area contributed by atoms with Crippen LogP contribution in [0.5, 0.6) is 0 Å². The number of esters is 4. The molecule has 3 aliphatic carbocycles. The Labute approximate surface area is 267 Å². The largest absolute Gasteiger partial charge is 0.465 e. The minimum Gasteiger partial charge on any atom is -0.465 e. The SMILES string of the molecule is CC(=O)O[C@H]1C[C@H]2[C@@H]3COC(=O)[C@H]4C[C@H](OC(C)=O)[C@H](OC(C)=O)C[C@]4(C)[C@H]3CC[C@]2(C)[C@H]1[C@H](C)[C@@H]1CC[C@@H](C)CN1C(C)=O. The Morgan fingerprint density at radius 2 is 1.47 bits per heavy atom. The Kier molecular flexibility index (Phi) is 9.37. The molecule has 0 aromatic rings. The summed E-state index contributed by atoms with van der Waals surface area (Å²) >= 11 is 0. The number of hydrogen-bond acceptors (Lipinski definition) is 9. The highest BCUT2D eigenvalue weighted by Gasteiger charge is 2.66. The zero-order chi connectivity index (χ0) is 33.0. The standard InChI is InChI=1S/C35H53NO9/c1-18-9-10-28(36(16-18)20(3)37)19(2)32-30(44-22(5)39)13-26-24-17-42-33(41)27-14-29(43-21(4)38)31(45-23(6)40)15-35(27,8)25(24)11-12-34(26,32)7/h18-19,24-32H,9-17H2,1-8H3/t18-,19-,24-,25+,26+,27-,28+,29+,30+,31-,32+,34+,35-/m1/s1. The topological polar surface area (TPSA) is 126 Å². The van der Waals surface area contributed by atoms with Crippen molar-refractivity contribution >= 4 is 29.8 Å². The van der Waals surface area contributed by atoms with E-state index in [4.69, 9.17) is 18.9 Å². The summed E-state index contributed by atoms with van der Waals surface area (Å²) in [6.07, 6.45) is 3.38. The van der Waals surface area contributed by atoms with Crippen molar-refractivity contribution in [2.24, 2.45) is 52.3 Å². The van der Waals surface area contributed by atoms with Gasteiger partial charge < -0.3 is 23.8 Å². The van der Waals surface area contributed by atoms with Crippen LogP contribution in [0.25, 0.3) is 0 Å². The molecule has 252 valence electrons. The van der Waals surface area contributed by atoms with E-state index < -0.39 is 35.5 Å². The Hall–Kier alpha value is -2.65. The van der Waals surface area contributed by atoms with Crippen molar-refractivity contribution in [1.82, 2.24) is 4.90 Å². The lowest BCUT2D eigenvalue weighted by Crippen LogP contribution is -2.57. The zero-order valence-corrected chi connectivity index (χ0v) is 28.3. The van der Waals surface area contributed by atoms with Crippen LogP contribution in [0.15, 0.2) is 0 Å². The quantitative estimate of drug-likeness (QED) is 0.313. The maximum Gasteiger partial charge on any atom is 0.309 e. The highest BCUT2D eigenvalue weighted by molar-refractivity contribution is 5.75. The van der Waals surface area contributed by atoms with Crippen molar-refractivity contribution in [1.29, 1.82) is 0 Å². The minimum absolute atomic E-state index is 0.0245. The summed E-state index contributed by atoms with van der Waals surface area (Å²) in [5.41, 5.74) is -0.735. The normalized spacial score (nSPS) is 43.4. The van der Waals surface area contributed by atoms with Crippen LogP contribution in [0.4, 0.5) is 0 Å². The third-order valence-electron chi connectivity index (χ3n) is 12.8. The second-order valence-electron chi connectivity index (χ2n) is 15.5. The van der Waals surface area contributed by atoms with Gasteiger partial charge in [-0.2, -0.15) is 0 Å². The van der Waals surface area contributed by atoms with E-state index in [-0.39, 0.29) is 78.0 Å². The van der Waals surface area contributed by atoms with Gasteiger partial charge in [0.2, 0.25) is 5.91 Å². The van der Waals surface area contributed by atoms with Crippen molar-refractivity contribution in [2.75, 3.05) is 13.2 Å². The van der Waals surface area contributed by atoms with E-state index in [9.17, 15) is 24.0 Å². The molecule has 45 heavy (non-hydrogen) atoms. The molecule has 2 heterocycles. The predicted octanol–water partition coefficient (Wildman–Crippen LogP) is 4.71. The second-order valence-corrected chi connectivity index (χ2v) is 15.5. The molecular weight excluding hydrogens is 578 g/mol. The summed E-state index contributed by atoms with van der Waals surface area (Å²) in [6.45, 7) is 15.7. The summed E-state index contributed by atoms with van der Waals surface area (Å²) < 4.78 is 23.5. The fourth-order valence-corrected chi connectivity index (χ4v) is 11.0. The van der Waals surface area contributed by atoms with Crippen LogP contribution in [-0.4, -0.2) is 72.2 Å². The molecule has 0 unspecified atom stereocenters. The number of fused-ring (bicyclic) bond motifs is 5. The first-order chi connectivity index (χ1) is 21.1. The summed E-state index contributed by atoms with van der Waals surface area (Å²) in [5.74, 6) is -1.07. The highest BCUT2D eigenvalue weighted by Crippen LogP contribution is 2.67. The summed E-state index contributed by atoms with van der Waals surface area (Å²) in [7, 11) is 0. The van der Waals surface area contributed by atoms with Crippen molar-refractivity contribution < 1.29 is 42.9 Å². The number of carbonyl (C=O) groups excluding carboxylic acids is 5. The van der Waals surface area contributed by atoms with E-state index in [1.54, 1.807) is 6.92 Å². The molecule has 0 radical (unpaired) electrons. The number of ether oxygens (including phenoxy) is 4. The maximum atomic E-state index is 13.7. The fourth-order valence-electron chi connectivity index (χ4n) is 11.0. The first kappa shape index (κ1) is 33.7. The van der Waals surface area contributed by atoms with Gasteiger partial charge in [0.05, 0.1) is 12.5 Å². The molecule has 5 aliphatic rings. The van der Waals surface area contributed by atoms with Crippen molar-refractivity contribution in [2.45, 2.75) is 125 Å². The molecule has 1 amide bonds. The smallest absolute Gasteiger partial charge is 0.309 e. The lowest BCUT2D eigenvalue weighted by Gasteiger charge is -2.56. The van der Waals surface area contributed by atoms with Crippen LogP contribution in [0.1, 0.15) is 100 Å². The summed E-state index contributed by atoms with van der Waals surface area (Å²) in [6, 6.07) is 0.0740. The van der Waals surface area contributed by atoms with Crippen molar-refractivity contribution in [3.05, 3.63) is 0 Å². The van der Waals surface area contributed by atoms with Gasteiger partial charge in [-0.15, -0.1) is 0 Å². The molecule has 5 rings (SSSR count). The van der Waals surface area contributed by atoms with E-state index in [1.807, 2.05) is 4.90 Å². The Morgan fingerprint density at radius 1 is 0.844 bits per heavy atom. The van der Waals surface area contributed by atoms with Crippen LogP contribution in [-0.2, 0) is 42.9 Å². The molecule has 5 fully saturated rings. The number of likely N-dealkylation sites (tertiary alicyclic amines) is 1. The number of hydrogen-bond donors (Lipinski definition) is 0. The molecule has 0 aromatic heterocycles. The van der Waals surface area contributed by atoms with E-state index in [0.29, 0.717) is 18.8 Å². The van der Waals surface area contributed by atoms with Gasteiger partial charge in [-0.1, -0.05) is 27.7 Å². The number of rotatable bonds is 5. The van der Waals surface area contributed by atoms with Crippen molar-refractivity contribution in [3.8, 4) is 0 Å². The number of cyclic esters (lactones) is 1. The Morgan fingerprint density at radius 3 is 2.09 bits per heavy atom. The first-order valence-corrected chi connectivity index (χ1v) is 17.0. The monoisotopic (exact) mass is 631 g/mol. The molecule has 0 bridgehead atoms. The van der Waals surface area contributed by atoms with Gasteiger partial charge in [0.15, 0.2) is 0 Å². The van der Waals surface area contributed by atoms with Gasteiger partial charge in [0.1, 0.15) is 18.3 Å². The summed E-state index contributed by atoms with van der Waals surface area (Å²) in [5, 5.41) is 0. The number of nitrogens with zero attached hydrogens (tertiary/aromatic N) is 1. The number of amides is 1. The number of carbonyl (C=O) groups is 5. The molecule has 3 saturated carbocycles. The summed E-state index contributed by atoms with van der Waals surface area (Å²) in [4.78, 5) is 65.1. The molecule has 10 nitrogen and oxygen atoms in total. The van der Waals surface area contributed by atoms with E-state index >= 15 is 0 Å². The van der Waals surface area contributed by atoms with Gasteiger partial charge in [-0.05, 0) is 78.9 Å². The van der Waals surface area contributed by atoms with Gasteiger partial charge in [0.25, 0.3) is 0 Å². The third kappa shape index (κ3) is 6.11. The minimum atomic E-state index is -0.713. The molecule has 2 aliphatic heterocycles. The molecule has 0 aromatic carbocycles. The molecule has 10 heteroatoms. The number of piperidine rings is 1. The second kappa shape index (κ2) is 12.5. The van der Waals surface area contributed by atoms with E-state index in [0.717, 1.165) is 32.2 Å². The highest BCUT2D eigenvalue weighted by atomic mass is 16.6. The van der Waals surface area contributed by atoms with Crippen LogP contribution < -0.4 is 0 Å². The van der Waals surface area contributed by atoms with Gasteiger partial charge in [0, 0.05) is 52.6 Å². The molecule has 2 saturated heterocycles. The first-order valence-electron chi connectivity index (χ1n) is 17.0. The van der Waals surface area contributed by atoms with E-state index in [1.165, 1.54) is 20.8 Å². The fraction of sp³-hybridized carbons (Fsp3) is 0.857. The van der Waals surface area contributed by atoms with Crippen LogP contribution >= 0.6 is 0 Å². The molecular formula is C35H53NO9. The zero-order valence-electron chi connectivity index (χ0n) is 28.3. The Bertz CT molecular complexity index is 1200. The van der Waals surface area contributed by atoms with Gasteiger partial charge >= 0.3 is 23.9 Å². The molecule has 0 N–H and O–H groups in total. The van der Waals surface area contributed by atoms with E-state index in [2.05, 4.69) is 27.7 Å². The van der Waals surface area contributed by atoms with Gasteiger partial charge in [-0.25, -0.2) is 0 Å². The van der Waals surface area contributed by atoms with Crippen LogP contribution in [0, 0.1) is 52.3 Å². The van der Waals surface area contributed by atoms with Gasteiger partial charge in [-0.3, -0.25) is 24.0 Å². The predicted molar refractivity (Wildman–Crippen MR) is 163 cm³/mol. The maximum absolute atomic E-state index is 13.7. The van der Waals surface area contributed by atoms with Crippen molar-refractivity contribution in [3.63, 3.8) is 0 Å². The average molecular weight is 632 g/mol. The lowest BCUT2D eigenvalue weighted by atomic mass is 9.48.